The minimum atomic E-state index is -0.525. The third kappa shape index (κ3) is 4.59. The lowest BCUT2D eigenvalue weighted by Gasteiger charge is -2.10. The molecule has 3 aromatic heterocycles. The first kappa shape index (κ1) is 21.8. The predicted octanol–water partition coefficient (Wildman–Crippen LogP) is 5.03. The maximum Gasteiger partial charge on any atom is 0.277 e. The van der Waals surface area contributed by atoms with Crippen LogP contribution >= 0.6 is 11.8 Å². The van der Waals surface area contributed by atoms with Gasteiger partial charge in [0.1, 0.15) is 17.3 Å². The molecule has 4 aromatic rings. The van der Waals surface area contributed by atoms with Crippen LogP contribution in [0.1, 0.15) is 46.4 Å². The van der Waals surface area contributed by atoms with E-state index in [1.807, 2.05) is 37.5 Å². The van der Waals surface area contributed by atoms with Crippen LogP contribution < -0.4 is 4.74 Å². The van der Waals surface area contributed by atoms with Crippen molar-refractivity contribution in [3.8, 4) is 11.6 Å². The molecule has 0 N–H and O–H groups in total. The highest BCUT2D eigenvalue weighted by molar-refractivity contribution is 7.99. The minimum absolute atomic E-state index is 0.0649. The lowest BCUT2D eigenvalue weighted by atomic mass is 10.2. The summed E-state index contributed by atoms with van der Waals surface area (Å²) < 4.78 is 31.4. The number of aromatic nitrogens is 4. The second kappa shape index (κ2) is 8.99. The van der Waals surface area contributed by atoms with Gasteiger partial charge < -0.3 is 13.7 Å². The molecular weight excluding hydrogens is 435 g/mol. The third-order valence-corrected chi connectivity index (χ3v) is 5.62. The summed E-state index contributed by atoms with van der Waals surface area (Å²) in [5.74, 6) is 1.81. The van der Waals surface area contributed by atoms with Gasteiger partial charge in [-0.25, -0.2) is 4.39 Å². The van der Waals surface area contributed by atoms with Gasteiger partial charge in [0.15, 0.2) is 17.7 Å². The number of ketones is 1. The van der Waals surface area contributed by atoms with Crippen LogP contribution in [0.4, 0.5) is 4.39 Å². The Morgan fingerprint density at radius 1 is 1.19 bits per heavy atom. The highest BCUT2D eigenvalue weighted by atomic mass is 32.2. The molecular formula is C22H21FN4O4S. The van der Waals surface area contributed by atoms with E-state index in [-0.39, 0.29) is 28.5 Å². The Labute approximate surface area is 187 Å². The van der Waals surface area contributed by atoms with Crippen LogP contribution in [0.2, 0.25) is 0 Å². The van der Waals surface area contributed by atoms with E-state index in [1.165, 1.54) is 24.3 Å². The van der Waals surface area contributed by atoms with E-state index in [2.05, 4.69) is 15.4 Å². The van der Waals surface area contributed by atoms with Gasteiger partial charge in [-0.3, -0.25) is 9.36 Å². The number of hydrogen-bond donors (Lipinski definition) is 0. The number of thioether (sulfide) groups is 1. The molecule has 0 radical (unpaired) electrons. The second-order valence-corrected chi connectivity index (χ2v) is 8.17. The third-order valence-electron chi connectivity index (χ3n) is 4.80. The molecule has 8 nitrogen and oxygen atoms in total. The topological polar surface area (TPSA) is 96.2 Å². The highest BCUT2D eigenvalue weighted by Gasteiger charge is 2.21. The molecule has 3 heterocycles. The van der Waals surface area contributed by atoms with Crippen LogP contribution in [-0.2, 0) is 0 Å². The number of ether oxygens (including phenoxy) is 1. The Morgan fingerprint density at radius 2 is 1.94 bits per heavy atom. The van der Waals surface area contributed by atoms with Crippen molar-refractivity contribution >= 4 is 17.5 Å². The molecule has 0 aliphatic heterocycles. The number of nitrogens with zero attached hydrogens (tertiary/aromatic N) is 4. The second-order valence-electron chi connectivity index (χ2n) is 7.25. The number of benzene rings is 1. The zero-order valence-electron chi connectivity index (χ0n) is 18.0. The molecule has 0 bridgehead atoms. The number of Topliss-reactive ketones (excluding diaryl/α,β-unsaturated/α-hetero) is 1. The molecule has 4 rings (SSSR count). The summed E-state index contributed by atoms with van der Waals surface area (Å²) in [6, 6.07) is 9.31. The van der Waals surface area contributed by atoms with Crippen molar-refractivity contribution in [1.82, 2.24) is 19.9 Å². The van der Waals surface area contributed by atoms with Crippen molar-refractivity contribution in [3.63, 3.8) is 0 Å². The van der Waals surface area contributed by atoms with Gasteiger partial charge in [-0.2, -0.15) is 0 Å². The van der Waals surface area contributed by atoms with Crippen molar-refractivity contribution in [3.05, 3.63) is 70.8 Å². The van der Waals surface area contributed by atoms with E-state index in [0.29, 0.717) is 22.9 Å². The van der Waals surface area contributed by atoms with Crippen molar-refractivity contribution < 1.29 is 22.9 Å². The fourth-order valence-electron chi connectivity index (χ4n) is 3.27. The Kier molecular flexibility index (Phi) is 6.13. The fraction of sp³-hybridized carbons (Fsp3) is 0.273. The van der Waals surface area contributed by atoms with Crippen molar-refractivity contribution in [1.29, 1.82) is 0 Å². The predicted molar refractivity (Wildman–Crippen MR) is 115 cm³/mol. The Balaban J connectivity index is 1.40. The summed E-state index contributed by atoms with van der Waals surface area (Å²) in [4.78, 5) is 12.8. The van der Waals surface area contributed by atoms with Crippen molar-refractivity contribution in [2.45, 2.75) is 39.0 Å². The van der Waals surface area contributed by atoms with Crippen LogP contribution in [-0.4, -0.2) is 31.5 Å². The molecule has 1 atom stereocenters. The summed E-state index contributed by atoms with van der Waals surface area (Å²) in [5, 5.41) is 12.3. The van der Waals surface area contributed by atoms with Gasteiger partial charge in [0.2, 0.25) is 0 Å². The number of halogens is 1. The van der Waals surface area contributed by atoms with Crippen LogP contribution in [0.25, 0.3) is 5.82 Å². The van der Waals surface area contributed by atoms with Crippen LogP contribution in [0, 0.1) is 26.6 Å². The molecule has 1 aromatic carbocycles. The first-order chi connectivity index (χ1) is 15.3. The van der Waals surface area contributed by atoms with Gasteiger partial charge in [-0.1, -0.05) is 16.9 Å². The Bertz CT molecular complexity index is 1250. The lowest BCUT2D eigenvalue weighted by molar-refractivity contribution is 0.102. The maximum atomic E-state index is 13.0. The van der Waals surface area contributed by atoms with E-state index < -0.39 is 6.10 Å². The van der Waals surface area contributed by atoms with E-state index in [4.69, 9.17) is 13.7 Å². The monoisotopic (exact) mass is 456 g/mol. The quantitative estimate of drug-likeness (QED) is 0.269. The largest absolute Gasteiger partial charge is 0.481 e. The highest BCUT2D eigenvalue weighted by Crippen LogP contribution is 2.26. The molecule has 166 valence electrons. The summed E-state index contributed by atoms with van der Waals surface area (Å²) in [5.41, 5.74) is 2.27. The van der Waals surface area contributed by atoms with E-state index in [1.54, 1.807) is 6.92 Å². The first-order valence-electron chi connectivity index (χ1n) is 9.86. The van der Waals surface area contributed by atoms with Gasteiger partial charge in [-0.05, 0) is 58.0 Å². The summed E-state index contributed by atoms with van der Waals surface area (Å²) in [6.07, 6.45) is -0.525. The van der Waals surface area contributed by atoms with Crippen LogP contribution in [0.3, 0.4) is 0 Å². The minimum Gasteiger partial charge on any atom is -0.481 e. The number of aryl methyl sites for hydroxylation is 2. The smallest absolute Gasteiger partial charge is 0.277 e. The Morgan fingerprint density at radius 3 is 2.62 bits per heavy atom. The molecule has 0 spiro atoms. The number of hydrogen-bond acceptors (Lipinski definition) is 8. The molecule has 10 heteroatoms. The van der Waals surface area contributed by atoms with Gasteiger partial charge in [0, 0.05) is 23.0 Å². The first-order valence-corrected chi connectivity index (χ1v) is 10.8. The molecule has 0 aliphatic rings. The summed E-state index contributed by atoms with van der Waals surface area (Å²) >= 11 is 1.16. The normalized spacial score (nSPS) is 12.2. The van der Waals surface area contributed by atoms with Gasteiger partial charge >= 0.3 is 0 Å². The summed E-state index contributed by atoms with van der Waals surface area (Å²) in [6.45, 7) is 7.34. The zero-order valence-corrected chi connectivity index (χ0v) is 18.8. The van der Waals surface area contributed by atoms with Gasteiger partial charge in [0.05, 0.1) is 5.75 Å². The standard InChI is InChI=1S/C22H21FN4O4S/c1-12-9-18(14(3)27(12)20-10-13(2)31-26-20)19(28)11-32-22-25-24-21(30-22)15(4)29-17-7-5-16(23)6-8-17/h5-10,15H,11H2,1-4H3/t15-/m1/s1. The van der Waals surface area contributed by atoms with Gasteiger partial charge in [-0.15, -0.1) is 10.2 Å². The summed E-state index contributed by atoms with van der Waals surface area (Å²) in [7, 11) is 0. The molecule has 32 heavy (non-hydrogen) atoms. The molecule has 0 saturated carbocycles. The van der Waals surface area contributed by atoms with Crippen LogP contribution in [0.15, 0.2) is 50.6 Å². The molecule has 0 unspecified atom stereocenters. The number of rotatable bonds is 8. The molecule has 0 saturated heterocycles. The van der Waals surface area contributed by atoms with Crippen molar-refractivity contribution in [2.24, 2.45) is 0 Å². The number of carbonyl (C=O) groups excluding carboxylic acids is 1. The Hall–Kier alpha value is -3.40. The van der Waals surface area contributed by atoms with Gasteiger partial charge in [0.25, 0.3) is 11.1 Å². The SMILES string of the molecule is Cc1cc(-n2c(C)cc(C(=O)CSc3nnc([C@@H](C)Oc4ccc(F)cc4)o3)c2C)no1. The van der Waals surface area contributed by atoms with E-state index in [0.717, 1.165) is 23.1 Å². The van der Waals surface area contributed by atoms with E-state index >= 15 is 0 Å². The lowest BCUT2D eigenvalue weighted by Crippen LogP contribution is -2.05. The molecule has 0 fully saturated rings. The molecule has 0 aliphatic carbocycles. The van der Waals surface area contributed by atoms with Crippen molar-refractivity contribution in [2.75, 3.05) is 5.75 Å². The fourth-order valence-corrected chi connectivity index (χ4v) is 3.92. The average Bonchev–Trinajstić information content (AvgIpc) is 3.47. The molecule has 0 amide bonds. The number of carbonyl (C=O) groups is 1. The average molecular weight is 456 g/mol. The zero-order chi connectivity index (χ0) is 22.8. The maximum absolute atomic E-state index is 13.0. The van der Waals surface area contributed by atoms with E-state index in [9.17, 15) is 9.18 Å². The van der Waals surface area contributed by atoms with Crippen LogP contribution in [0.5, 0.6) is 5.75 Å².